The zero-order valence-electron chi connectivity index (χ0n) is 19.0. The molecule has 0 aliphatic carbocycles. The monoisotopic (exact) mass is 514 g/mol. The summed E-state index contributed by atoms with van der Waals surface area (Å²) >= 11 is 6.07. The SMILES string of the molecule is O=C(NCCC1C(=O)Nc2ccc(Cl)cc21)c1cnc2c(c1)CN(Cc1ccc(C(F)(F)F)cc1)C2. The van der Waals surface area contributed by atoms with Gasteiger partial charge in [0.15, 0.2) is 0 Å². The Hall–Kier alpha value is -3.43. The third-order valence-corrected chi connectivity index (χ3v) is 6.69. The van der Waals surface area contributed by atoms with Crippen molar-refractivity contribution in [3.05, 3.63) is 93.3 Å². The molecule has 2 N–H and O–H groups in total. The van der Waals surface area contributed by atoms with E-state index < -0.39 is 11.7 Å². The van der Waals surface area contributed by atoms with E-state index in [1.807, 2.05) is 0 Å². The number of amides is 2. The number of rotatable bonds is 6. The lowest BCUT2D eigenvalue weighted by Crippen LogP contribution is -2.27. The van der Waals surface area contributed by atoms with E-state index in [4.69, 9.17) is 11.6 Å². The molecule has 1 atom stereocenters. The molecule has 2 amide bonds. The number of alkyl halides is 3. The molecule has 1 unspecified atom stereocenters. The largest absolute Gasteiger partial charge is 0.416 e. The summed E-state index contributed by atoms with van der Waals surface area (Å²) in [6, 6.07) is 12.2. The van der Waals surface area contributed by atoms with Gasteiger partial charge in [0.05, 0.1) is 22.7 Å². The van der Waals surface area contributed by atoms with Gasteiger partial charge in [-0.15, -0.1) is 0 Å². The van der Waals surface area contributed by atoms with Crippen molar-refractivity contribution in [2.45, 2.75) is 38.1 Å². The van der Waals surface area contributed by atoms with Gasteiger partial charge in [0.1, 0.15) is 0 Å². The van der Waals surface area contributed by atoms with Crippen LogP contribution in [0.15, 0.2) is 54.7 Å². The number of aromatic nitrogens is 1. The zero-order chi connectivity index (χ0) is 25.4. The minimum absolute atomic E-state index is 0.117. The van der Waals surface area contributed by atoms with E-state index in [1.165, 1.54) is 18.3 Å². The van der Waals surface area contributed by atoms with Crippen molar-refractivity contribution >= 4 is 29.1 Å². The molecule has 1 aromatic heterocycles. The van der Waals surface area contributed by atoms with Crippen molar-refractivity contribution in [3.63, 3.8) is 0 Å². The minimum atomic E-state index is -4.36. The van der Waals surface area contributed by atoms with Crippen LogP contribution < -0.4 is 10.6 Å². The molecule has 0 saturated heterocycles. The van der Waals surface area contributed by atoms with E-state index in [2.05, 4.69) is 20.5 Å². The fourth-order valence-electron chi connectivity index (χ4n) is 4.64. The van der Waals surface area contributed by atoms with Crippen LogP contribution in [-0.2, 0) is 30.6 Å². The summed E-state index contributed by atoms with van der Waals surface area (Å²) in [6.07, 6.45) is -2.40. The maximum atomic E-state index is 12.8. The van der Waals surface area contributed by atoms with E-state index >= 15 is 0 Å². The third-order valence-electron chi connectivity index (χ3n) is 6.46. The summed E-state index contributed by atoms with van der Waals surface area (Å²) in [6.45, 7) is 1.88. The number of carbonyl (C=O) groups excluding carboxylic acids is 2. The lowest BCUT2D eigenvalue weighted by atomic mass is 9.97. The van der Waals surface area contributed by atoms with Crippen LogP contribution in [0.3, 0.4) is 0 Å². The highest BCUT2D eigenvalue weighted by Gasteiger charge is 2.31. The van der Waals surface area contributed by atoms with Gasteiger partial charge in [0.25, 0.3) is 5.91 Å². The molecule has 0 saturated carbocycles. The number of halogens is 4. The Labute approximate surface area is 210 Å². The summed E-state index contributed by atoms with van der Waals surface area (Å²) < 4.78 is 38.3. The molecule has 10 heteroatoms. The summed E-state index contributed by atoms with van der Waals surface area (Å²) in [4.78, 5) is 31.5. The molecular formula is C26H22ClF3N4O2. The Morgan fingerprint density at radius 3 is 2.67 bits per heavy atom. The minimum Gasteiger partial charge on any atom is -0.352 e. The lowest BCUT2D eigenvalue weighted by Gasteiger charge is -2.15. The van der Waals surface area contributed by atoms with Crippen molar-refractivity contribution in [2.24, 2.45) is 0 Å². The van der Waals surface area contributed by atoms with Gasteiger partial charge in [-0.1, -0.05) is 23.7 Å². The van der Waals surface area contributed by atoms with E-state index in [1.54, 1.807) is 24.3 Å². The van der Waals surface area contributed by atoms with Crippen LogP contribution in [0.4, 0.5) is 18.9 Å². The predicted octanol–water partition coefficient (Wildman–Crippen LogP) is 5.13. The van der Waals surface area contributed by atoms with Crippen molar-refractivity contribution < 1.29 is 22.8 Å². The molecule has 0 radical (unpaired) electrons. The Balaban J connectivity index is 1.16. The van der Waals surface area contributed by atoms with Crippen LogP contribution in [0.25, 0.3) is 0 Å². The van der Waals surface area contributed by atoms with Gasteiger partial charge < -0.3 is 10.6 Å². The van der Waals surface area contributed by atoms with Gasteiger partial charge >= 0.3 is 6.18 Å². The Morgan fingerprint density at radius 1 is 1.14 bits per heavy atom. The van der Waals surface area contributed by atoms with E-state index in [0.29, 0.717) is 43.2 Å². The van der Waals surface area contributed by atoms with Crippen molar-refractivity contribution in [1.82, 2.24) is 15.2 Å². The van der Waals surface area contributed by atoms with Crippen LogP contribution in [0.5, 0.6) is 0 Å². The van der Waals surface area contributed by atoms with Gasteiger partial charge in [0, 0.05) is 43.1 Å². The predicted molar refractivity (Wildman–Crippen MR) is 128 cm³/mol. The molecule has 5 rings (SSSR count). The average molecular weight is 515 g/mol. The normalized spacial score (nSPS) is 17.0. The highest BCUT2D eigenvalue weighted by Crippen LogP contribution is 2.36. The van der Waals surface area contributed by atoms with E-state index in [9.17, 15) is 22.8 Å². The average Bonchev–Trinajstić information content (AvgIpc) is 3.37. The van der Waals surface area contributed by atoms with E-state index in [-0.39, 0.29) is 17.7 Å². The summed E-state index contributed by atoms with van der Waals surface area (Å²) in [7, 11) is 0. The number of anilines is 1. The molecule has 2 aliphatic heterocycles. The fraction of sp³-hybridized carbons (Fsp3) is 0.269. The number of benzene rings is 2. The summed E-state index contributed by atoms with van der Waals surface area (Å²) in [5, 5.41) is 6.23. The zero-order valence-corrected chi connectivity index (χ0v) is 19.8. The number of pyridine rings is 1. The van der Waals surface area contributed by atoms with Crippen LogP contribution in [-0.4, -0.2) is 28.2 Å². The second-order valence-electron chi connectivity index (χ2n) is 8.99. The topological polar surface area (TPSA) is 74.3 Å². The lowest BCUT2D eigenvalue weighted by molar-refractivity contribution is -0.137. The van der Waals surface area contributed by atoms with Gasteiger partial charge in [-0.2, -0.15) is 13.2 Å². The molecule has 36 heavy (non-hydrogen) atoms. The first-order chi connectivity index (χ1) is 17.2. The van der Waals surface area contributed by atoms with Crippen LogP contribution in [0.2, 0.25) is 5.02 Å². The number of nitrogens with one attached hydrogen (secondary N) is 2. The smallest absolute Gasteiger partial charge is 0.352 e. The number of fused-ring (bicyclic) bond motifs is 2. The number of carbonyl (C=O) groups is 2. The van der Waals surface area contributed by atoms with Gasteiger partial charge in [-0.3, -0.25) is 19.5 Å². The Bertz CT molecular complexity index is 1330. The molecule has 2 aromatic carbocycles. The third kappa shape index (κ3) is 5.08. The van der Waals surface area contributed by atoms with Crippen LogP contribution in [0, 0.1) is 0 Å². The first-order valence-corrected chi connectivity index (χ1v) is 11.8. The number of nitrogens with zero attached hydrogens (tertiary/aromatic N) is 2. The fourth-order valence-corrected chi connectivity index (χ4v) is 4.82. The van der Waals surface area contributed by atoms with E-state index in [0.717, 1.165) is 40.2 Å². The second kappa shape index (κ2) is 9.55. The second-order valence-corrected chi connectivity index (χ2v) is 9.42. The Morgan fingerprint density at radius 2 is 1.92 bits per heavy atom. The van der Waals surface area contributed by atoms with Crippen molar-refractivity contribution in [1.29, 1.82) is 0 Å². The van der Waals surface area contributed by atoms with Gasteiger partial charge in [0.2, 0.25) is 5.91 Å². The maximum absolute atomic E-state index is 12.8. The number of hydrogen-bond donors (Lipinski definition) is 2. The Kier molecular flexibility index (Phi) is 6.44. The quantitative estimate of drug-likeness (QED) is 0.478. The van der Waals surface area contributed by atoms with Crippen molar-refractivity contribution in [3.8, 4) is 0 Å². The van der Waals surface area contributed by atoms with Crippen LogP contribution >= 0.6 is 11.6 Å². The first kappa shape index (κ1) is 24.3. The molecule has 3 heterocycles. The molecule has 0 bridgehead atoms. The molecule has 2 aliphatic rings. The highest BCUT2D eigenvalue weighted by molar-refractivity contribution is 6.31. The maximum Gasteiger partial charge on any atom is 0.416 e. The molecule has 3 aromatic rings. The molecular weight excluding hydrogens is 493 g/mol. The van der Waals surface area contributed by atoms with Crippen LogP contribution in [0.1, 0.15) is 50.6 Å². The molecule has 0 spiro atoms. The molecule has 6 nitrogen and oxygen atoms in total. The first-order valence-electron chi connectivity index (χ1n) is 11.4. The van der Waals surface area contributed by atoms with Gasteiger partial charge in [-0.05, 0) is 59.5 Å². The molecule has 0 fully saturated rings. The standard InChI is InChI=1S/C26H22ClF3N4O2/c27-19-5-6-22-21(10-19)20(25(36)33-22)7-8-31-24(35)16-9-17-13-34(14-23(17)32-11-16)12-15-1-3-18(4-2-15)26(28,29)30/h1-6,9-11,20H,7-8,12-14H2,(H,31,35)(H,33,36). The highest BCUT2D eigenvalue weighted by atomic mass is 35.5. The molecule has 186 valence electrons. The van der Waals surface area contributed by atoms with Crippen molar-refractivity contribution in [2.75, 3.05) is 11.9 Å². The summed E-state index contributed by atoms with van der Waals surface area (Å²) in [5.41, 5.74) is 3.84. The van der Waals surface area contributed by atoms with Gasteiger partial charge in [-0.25, -0.2) is 0 Å². The summed E-state index contributed by atoms with van der Waals surface area (Å²) in [5.74, 6) is -0.777. The number of hydrogen-bond acceptors (Lipinski definition) is 4.